The Morgan fingerprint density at radius 2 is 1.96 bits per heavy atom. The first-order valence-corrected chi connectivity index (χ1v) is 9.63. The molecule has 9 heteroatoms. The smallest absolute Gasteiger partial charge is 0.434 e. The predicted molar refractivity (Wildman–Crippen MR) is 103 cm³/mol. The molecule has 3 rings (SSSR count). The van der Waals surface area contributed by atoms with Crippen molar-refractivity contribution >= 4 is 38.1 Å². The van der Waals surface area contributed by atoms with Crippen molar-refractivity contribution in [2.24, 2.45) is 0 Å². The zero-order valence-electron chi connectivity index (χ0n) is 14.3. The van der Waals surface area contributed by atoms with Gasteiger partial charge in [0.05, 0.1) is 0 Å². The summed E-state index contributed by atoms with van der Waals surface area (Å²) in [5.41, 5.74) is 0.471. The van der Waals surface area contributed by atoms with Gasteiger partial charge in [0.25, 0.3) is 0 Å². The second-order valence-electron chi connectivity index (χ2n) is 5.96. The maximum absolute atomic E-state index is 12.8. The molecule has 3 aromatic rings. The van der Waals surface area contributed by atoms with Gasteiger partial charge in [-0.15, -0.1) is 11.3 Å². The van der Waals surface area contributed by atoms with E-state index in [-0.39, 0.29) is 16.9 Å². The zero-order chi connectivity index (χ0) is 19.6. The monoisotopic (exact) mass is 457 g/mol. The molecule has 4 nitrogen and oxygen atoms in total. The quantitative estimate of drug-likeness (QED) is 0.448. The molecular weight excluding hydrogens is 443 g/mol. The number of aromatic nitrogens is 2. The van der Waals surface area contributed by atoms with E-state index >= 15 is 0 Å². The van der Waals surface area contributed by atoms with Gasteiger partial charge in [-0.1, -0.05) is 32.0 Å². The summed E-state index contributed by atoms with van der Waals surface area (Å²) < 4.78 is 44.9. The van der Waals surface area contributed by atoms with E-state index in [1.54, 1.807) is 12.3 Å². The normalized spacial score (nSPS) is 11.7. The predicted octanol–water partition coefficient (Wildman–Crippen LogP) is 6.98. The van der Waals surface area contributed by atoms with E-state index < -0.39 is 11.9 Å². The third-order valence-electron chi connectivity index (χ3n) is 3.60. The van der Waals surface area contributed by atoms with Gasteiger partial charge in [0.2, 0.25) is 5.88 Å². The van der Waals surface area contributed by atoms with Crippen LogP contribution in [0.1, 0.15) is 31.0 Å². The van der Waals surface area contributed by atoms with Crippen LogP contribution in [0.15, 0.2) is 46.4 Å². The minimum absolute atomic E-state index is 0.101. The highest BCUT2D eigenvalue weighted by molar-refractivity contribution is 9.10. The van der Waals surface area contributed by atoms with E-state index in [0.717, 1.165) is 22.3 Å². The van der Waals surface area contributed by atoms with Crippen molar-refractivity contribution in [2.75, 3.05) is 5.32 Å². The van der Waals surface area contributed by atoms with Crippen LogP contribution in [0.25, 0.3) is 0 Å². The Morgan fingerprint density at radius 1 is 1.22 bits per heavy atom. The highest BCUT2D eigenvalue weighted by atomic mass is 79.9. The molecule has 0 aliphatic heterocycles. The Morgan fingerprint density at radius 3 is 2.63 bits per heavy atom. The standard InChI is InChI=1S/C18H15BrF3N3OS/c1-10(2)12-5-3-4-6-14(12)26-16-13(7-11(19)8-23-16)24-17-25-15(9-27-17)18(20,21)22/h3-10H,1-2H3,(H,24,25). The Kier molecular flexibility index (Phi) is 5.71. The summed E-state index contributed by atoms with van der Waals surface area (Å²) in [7, 11) is 0. The minimum atomic E-state index is -4.48. The number of nitrogens with one attached hydrogen (secondary N) is 1. The number of thiazole rings is 1. The van der Waals surface area contributed by atoms with Crippen LogP contribution >= 0.6 is 27.3 Å². The van der Waals surface area contributed by atoms with Crippen LogP contribution in [0, 0.1) is 0 Å². The lowest BCUT2D eigenvalue weighted by molar-refractivity contribution is -0.140. The highest BCUT2D eigenvalue weighted by Gasteiger charge is 2.33. The Labute approximate surface area is 166 Å². The van der Waals surface area contributed by atoms with Crippen LogP contribution in [0.4, 0.5) is 24.0 Å². The molecule has 1 aromatic carbocycles. The van der Waals surface area contributed by atoms with Gasteiger partial charge in [-0.25, -0.2) is 9.97 Å². The lowest BCUT2D eigenvalue weighted by Gasteiger charge is -2.15. The first kappa shape index (κ1) is 19.6. The molecule has 0 spiro atoms. The molecule has 0 unspecified atom stereocenters. The van der Waals surface area contributed by atoms with Gasteiger partial charge in [-0.05, 0) is 39.5 Å². The van der Waals surface area contributed by atoms with Crippen LogP contribution in [0.5, 0.6) is 11.6 Å². The Bertz CT molecular complexity index is 944. The molecule has 0 fully saturated rings. The number of rotatable bonds is 5. The number of hydrogen-bond acceptors (Lipinski definition) is 5. The van der Waals surface area contributed by atoms with E-state index in [9.17, 15) is 13.2 Å². The SMILES string of the molecule is CC(C)c1ccccc1Oc1ncc(Br)cc1Nc1nc(C(F)(F)F)cs1. The second kappa shape index (κ2) is 7.85. The molecule has 0 saturated carbocycles. The summed E-state index contributed by atoms with van der Waals surface area (Å²) in [6.07, 6.45) is -2.93. The maximum atomic E-state index is 12.8. The van der Waals surface area contributed by atoms with Gasteiger partial charge in [-0.3, -0.25) is 0 Å². The van der Waals surface area contributed by atoms with Crippen molar-refractivity contribution in [1.29, 1.82) is 0 Å². The summed E-state index contributed by atoms with van der Waals surface area (Å²) in [6.45, 7) is 4.09. The number of pyridine rings is 1. The molecule has 27 heavy (non-hydrogen) atoms. The van der Waals surface area contributed by atoms with Crippen LogP contribution in [-0.2, 0) is 6.18 Å². The van der Waals surface area contributed by atoms with Crippen molar-refractivity contribution < 1.29 is 17.9 Å². The molecular formula is C18H15BrF3N3OS. The van der Waals surface area contributed by atoms with Gasteiger partial charge < -0.3 is 10.1 Å². The second-order valence-corrected chi connectivity index (χ2v) is 7.74. The Balaban J connectivity index is 1.91. The number of nitrogens with zero attached hydrogens (tertiary/aromatic N) is 2. The van der Waals surface area contributed by atoms with Crippen molar-refractivity contribution in [3.8, 4) is 11.6 Å². The average Bonchev–Trinajstić information content (AvgIpc) is 3.06. The molecule has 0 saturated heterocycles. The van der Waals surface area contributed by atoms with Crippen molar-refractivity contribution in [1.82, 2.24) is 9.97 Å². The van der Waals surface area contributed by atoms with Crippen LogP contribution < -0.4 is 10.1 Å². The molecule has 2 aromatic heterocycles. The van der Waals surface area contributed by atoms with Crippen LogP contribution in [0.3, 0.4) is 0 Å². The molecule has 0 bridgehead atoms. The third kappa shape index (κ3) is 4.78. The van der Waals surface area contributed by atoms with Crippen molar-refractivity contribution in [2.45, 2.75) is 25.9 Å². The third-order valence-corrected chi connectivity index (χ3v) is 4.79. The largest absolute Gasteiger partial charge is 0.437 e. The van der Waals surface area contributed by atoms with Gasteiger partial charge in [0.15, 0.2) is 10.8 Å². The van der Waals surface area contributed by atoms with E-state index in [4.69, 9.17) is 4.74 Å². The number of para-hydroxylation sites is 1. The topological polar surface area (TPSA) is 47.0 Å². The molecule has 0 aliphatic rings. The van der Waals surface area contributed by atoms with Gasteiger partial charge in [0, 0.05) is 16.0 Å². The van der Waals surface area contributed by atoms with Crippen molar-refractivity contribution in [3.63, 3.8) is 0 Å². The van der Waals surface area contributed by atoms with E-state index in [1.807, 2.05) is 38.1 Å². The van der Waals surface area contributed by atoms with Gasteiger partial charge in [0.1, 0.15) is 11.4 Å². The molecule has 0 aliphatic carbocycles. The number of halogens is 4. The van der Waals surface area contributed by atoms with E-state index in [0.29, 0.717) is 15.9 Å². The molecule has 1 N–H and O–H groups in total. The Hall–Kier alpha value is -2.13. The highest BCUT2D eigenvalue weighted by Crippen LogP contribution is 2.37. The van der Waals surface area contributed by atoms with Crippen LogP contribution in [0.2, 0.25) is 0 Å². The number of alkyl halides is 3. The molecule has 0 radical (unpaired) electrons. The molecule has 142 valence electrons. The number of hydrogen-bond donors (Lipinski definition) is 1. The van der Waals surface area contributed by atoms with Crippen molar-refractivity contribution in [3.05, 3.63) is 57.6 Å². The fourth-order valence-electron chi connectivity index (χ4n) is 2.33. The fraction of sp³-hybridized carbons (Fsp3) is 0.222. The maximum Gasteiger partial charge on any atom is 0.434 e. The minimum Gasteiger partial charge on any atom is -0.437 e. The fourth-order valence-corrected chi connectivity index (χ4v) is 3.39. The first-order chi connectivity index (χ1) is 12.7. The lowest BCUT2D eigenvalue weighted by Crippen LogP contribution is -2.05. The molecule has 2 heterocycles. The lowest BCUT2D eigenvalue weighted by atomic mass is 10.0. The number of anilines is 2. The summed E-state index contributed by atoms with van der Waals surface area (Å²) in [6, 6.07) is 9.24. The van der Waals surface area contributed by atoms with E-state index in [1.165, 1.54) is 0 Å². The summed E-state index contributed by atoms with van der Waals surface area (Å²) in [4.78, 5) is 7.83. The van der Waals surface area contributed by atoms with E-state index in [2.05, 4.69) is 31.2 Å². The van der Waals surface area contributed by atoms with Crippen LogP contribution in [-0.4, -0.2) is 9.97 Å². The molecule has 0 atom stereocenters. The molecule has 0 amide bonds. The summed E-state index contributed by atoms with van der Waals surface area (Å²) in [5, 5.41) is 3.93. The average molecular weight is 458 g/mol. The first-order valence-electron chi connectivity index (χ1n) is 7.96. The van der Waals surface area contributed by atoms with Gasteiger partial charge in [-0.2, -0.15) is 13.2 Å². The summed E-state index contributed by atoms with van der Waals surface area (Å²) >= 11 is 4.17. The number of benzene rings is 1. The zero-order valence-corrected chi connectivity index (χ0v) is 16.7. The summed E-state index contributed by atoms with van der Waals surface area (Å²) in [5.74, 6) is 1.12. The van der Waals surface area contributed by atoms with Gasteiger partial charge >= 0.3 is 6.18 Å². The number of ether oxygens (including phenoxy) is 1.